The fourth-order valence-electron chi connectivity index (χ4n) is 2.82. The molecule has 1 rings (SSSR count). The highest BCUT2D eigenvalue weighted by Gasteiger charge is 2.31. The Bertz CT molecular complexity index is 229. The summed E-state index contributed by atoms with van der Waals surface area (Å²) in [5.74, 6) is 2.42. The van der Waals surface area contributed by atoms with Gasteiger partial charge in [0.2, 0.25) is 0 Å². The van der Waals surface area contributed by atoms with Crippen molar-refractivity contribution in [3.8, 4) is 0 Å². The molecule has 0 unspecified atom stereocenters. The van der Waals surface area contributed by atoms with E-state index in [0.717, 1.165) is 6.54 Å². The monoisotopic (exact) mass is 251 g/mol. The van der Waals surface area contributed by atoms with E-state index in [0.29, 0.717) is 0 Å². The maximum absolute atomic E-state index is 4.75. The molecule has 1 aliphatic heterocycles. The van der Waals surface area contributed by atoms with Crippen LogP contribution in [-0.4, -0.2) is 20.5 Å². The van der Waals surface area contributed by atoms with Gasteiger partial charge in [-0.25, -0.2) is 0 Å². The van der Waals surface area contributed by atoms with E-state index < -0.39 is 8.07 Å². The zero-order chi connectivity index (χ0) is 12.4. The first-order valence-electron chi connectivity index (χ1n) is 7.45. The molecule has 0 bridgehead atoms. The van der Waals surface area contributed by atoms with E-state index in [-0.39, 0.29) is 0 Å². The fourth-order valence-corrected chi connectivity index (χ4v) is 6.84. The van der Waals surface area contributed by atoms with E-state index in [1.54, 1.807) is 0 Å². The van der Waals surface area contributed by atoms with Gasteiger partial charge in [-0.2, -0.15) is 0 Å². The number of unbranched alkanes of at least 4 members (excludes halogenated alkanes) is 3. The zero-order valence-corrected chi connectivity index (χ0v) is 12.6. The molecule has 0 aromatic rings. The predicted octanol–water partition coefficient (Wildman–Crippen LogP) is 5.00. The second-order valence-electron chi connectivity index (χ2n) is 5.51. The van der Waals surface area contributed by atoms with Crippen LogP contribution in [0.25, 0.3) is 0 Å². The van der Waals surface area contributed by atoms with E-state index in [4.69, 9.17) is 4.99 Å². The van der Waals surface area contributed by atoms with E-state index in [9.17, 15) is 0 Å². The summed E-state index contributed by atoms with van der Waals surface area (Å²) in [5.41, 5.74) is 0. The highest BCUT2D eigenvalue weighted by atomic mass is 28.3. The highest BCUT2D eigenvalue weighted by Crippen LogP contribution is 2.30. The minimum atomic E-state index is -1.16. The Morgan fingerprint density at radius 1 is 1.12 bits per heavy atom. The normalized spacial score (nSPS) is 19.6. The molecule has 0 amide bonds. The Kier molecular flexibility index (Phi) is 7.50. The van der Waals surface area contributed by atoms with Gasteiger partial charge in [0.05, 0.1) is 0 Å². The molecule has 1 heterocycles. The molecule has 0 radical (unpaired) electrons. The maximum atomic E-state index is 4.75. The SMILES string of the molecule is C=CC[Si]1(C=NCCCCCC)CCCCC1. The number of nitrogens with zero attached hydrogens (tertiary/aromatic N) is 1. The van der Waals surface area contributed by atoms with E-state index in [1.807, 2.05) is 0 Å². The van der Waals surface area contributed by atoms with Gasteiger partial charge in [0.15, 0.2) is 0 Å². The van der Waals surface area contributed by atoms with E-state index in [2.05, 4.69) is 25.4 Å². The van der Waals surface area contributed by atoms with Crippen molar-refractivity contribution in [1.82, 2.24) is 0 Å². The van der Waals surface area contributed by atoms with Gasteiger partial charge in [0.25, 0.3) is 0 Å². The Hall–Kier alpha value is -0.373. The zero-order valence-electron chi connectivity index (χ0n) is 11.6. The van der Waals surface area contributed by atoms with Gasteiger partial charge in [-0.15, -0.1) is 6.58 Å². The van der Waals surface area contributed by atoms with Crippen LogP contribution in [0.2, 0.25) is 18.1 Å². The largest absolute Gasteiger partial charge is 0.302 e. The standard InChI is InChI=1S/C15H29NSi/c1-3-5-6-8-11-16-15-17(12-4-2)13-9-7-10-14-17/h4,15H,2-3,5-14H2,1H3. The van der Waals surface area contributed by atoms with Crippen LogP contribution < -0.4 is 0 Å². The van der Waals surface area contributed by atoms with Crippen LogP contribution in [0.1, 0.15) is 51.9 Å². The van der Waals surface area contributed by atoms with Crippen molar-refractivity contribution in [2.75, 3.05) is 6.54 Å². The minimum absolute atomic E-state index is 1.06. The lowest BCUT2D eigenvalue weighted by Gasteiger charge is -2.30. The fraction of sp³-hybridized carbons (Fsp3) is 0.800. The molecule has 0 spiro atoms. The molecule has 0 atom stereocenters. The summed E-state index contributed by atoms with van der Waals surface area (Å²) in [6, 6.07) is 4.17. The molecule has 0 aromatic carbocycles. The summed E-state index contributed by atoms with van der Waals surface area (Å²) in [6.45, 7) is 7.26. The van der Waals surface area contributed by atoms with Gasteiger partial charge < -0.3 is 4.99 Å². The van der Waals surface area contributed by atoms with Crippen LogP contribution in [0.15, 0.2) is 17.6 Å². The number of aliphatic imine (C=N–C) groups is 1. The maximum Gasteiger partial charge on any atom is 0.104 e. The summed E-state index contributed by atoms with van der Waals surface area (Å²) in [5, 5.41) is 0. The van der Waals surface area contributed by atoms with Gasteiger partial charge in [-0.05, 0) is 18.3 Å². The molecule has 1 aliphatic rings. The van der Waals surface area contributed by atoms with Crippen LogP contribution in [-0.2, 0) is 0 Å². The van der Waals surface area contributed by atoms with Crippen LogP contribution in [0.3, 0.4) is 0 Å². The lowest BCUT2D eigenvalue weighted by atomic mass is 10.2. The first-order valence-corrected chi connectivity index (χ1v) is 10.1. The van der Waals surface area contributed by atoms with Gasteiger partial charge in [0.1, 0.15) is 8.07 Å². The smallest absolute Gasteiger partial charge is 0.104 e. The van der Waals surface area contributed by atoms with Crippen molar-refractivity contribution in [1.29, 1.82) is 0 Å². The molecule has 1 fully saturated rings. The van der Waals surface area contributed by atoms with Gasteiger partial charge in [-0.1, -0.05) is 63.6 Å². The molecular weight excluding hydrogens is 222 g/mol. The molecule has 2 heteroatoms. The topological polar surface area (TPSA) is 12.4 Å². The Morgan fingerprint density at radius 2 is 1.88 bits per heavy atom. The van der Waals surface area contributed by atoms with E-state index >= 15 is 0 Å². The van der Waals surface area contributed by atoms with Gasteiger partial charge >= 0.3 is 0 Å². The van der Waals surface area contributed by atoms with Crippen molar-refractivity contribution in [3.63, 3.8) is 0 Å². The number of hydrogen-bond donors (Lipinski definition) is 0. The molecular formula is C15H29NSi. The summed E-state index contributed by atoms with van der Waals surface area (Å²) < 4.78 is 0. The summed E-state index contributed by atoms with van der Waals surface area (Å²) in [4.78, 5) is 4.75. The molecule has 98 valence electrons. The predicted molar refractivity (Wildman–Crippen MR) is 81.7 cm³/mol. The Labute approximate surface area is 108 Å². The molecule has 0 saturated carbocycles. The van der Waals surface area contributed by atoms with Crippen molar-refractivity contribution in [2.24, 2.45) is 4.99 Å². The lowest BCUT2D eigenvalue weighted by molar-refractivity contribution is 0.675. The number of rotatable bonds is 8. The number of hydrogen-bond acceptors (Lipinski definition) is 1. The third kappa shape index (κ3) is 5.67. The first kappa shape index (κ1) is 14.7. The van der Waals surface area contributed by atoms with Crippen molar-refractivity contribution in [3.05, 3.63) is 12.7 Å². The molecule has 0 aromatic heterocycles. The lowest BCUT2D eigenvalue weighted by Crippen LogP contribution is -2.38. The Balaban J connectivity index is 2.32. The number of allylic oxidation sites excluding steroid dienone is 1. The summed E-state index contributed by atoms with van der Waals surface area (Å²) >= 11 is 0. The van der Waals surface area contributed by atoms with Gasteiger partial charge in [-0.3, -0.25) is 0 Å². The summed E-state index contributed by atoms with van der Waals surface area (Å²) in [7, 11) is -1.16. The molecule has 17 heavy (non-hydrogen) atoms. The molecule has 1 nitrogen and oxygen atoms in total. The van der Waals surface area contributed by atoms with Crippen LogP contribution in [0, 0.1) is 0 Å². The van der Waals surface area contributed by atoms with Crippen LogP contribution in [0.5, 0.6) is 0 Å². The van der Waals surface area contributed by atoms with Crippen molar-refractivity contribution in [2.45, 2.75) is 70.0 Å². The molecule has 0 aliphatic carbocycles. The molecule has 1 saturated heterocycles. The molecule has 0 N–H and O–H groups in total. The second kappa shape index (κ2) is 8.68. The van der Waals surface area contributed by atoms with Crippen LogP contribution in [0.4, 0.5) is 0 Å². The summed E-state index contributed by atoms with van der Waals surface area (Å²) in [6.07, 6.45) is 11.8. The van der Waals surface area contributed by atoms with E-state index in [1.165, 1.54) is 63.1 Å². The van der Waals surface area contributed by atoms with Crippen molar-refractivity contribution >= 4 is 13.9 Å². The average Bonchev–Trinajstić information content (AvgIpc) is 2.35. The van der Waals surface area contributed by atoms with Crippen molar-refractivity contribution < 1.29 is 0 Å². The Morgan fingerprint density at radius 3 is 2.53 bits per heavy atom. The second-order valence-corrected chi connectivity index (χ2v) is 9.90. The highest BCUT2D eigenvalue weighted by molar-refractivity contribution is 7.02. The van der Waals surface area contributed by atoms with Crippen LogP contribution >= 0.6 is 0 Å². The first-order chi connectivity index (χ1) is 8.33. The average molecular weight is 251 g/mol. The third-order valence-electron chi connectivity index (χ3n) is 3.91. The quantitative estimate of drug-likeness (QED) is 0.249. The minimum Gasteiger partial charge on any atom is -0.302 e. The third-order valence-corrected chi connectivity index (χ3v) is 8.44. The van der Waals surface area contributed by atoms with Gasteiger partial charge in [0, 0.05) is 6.54 Å².